The molecule has 1 aliphatic rings. The molecule has 1 aromatic heterocycles. The van der Waals surface area contributed by atoms with Crippen LogP contribution < -0.4 is 5.32 Å². The Bertz CT molecular complexity index is 343. The molecule has 2 heterocycles. The summed E-state index contributed by atoms with van der Waals surface area (Å²) in [7, 11) is 1.97. The van der Waals surface area contributed by atoms with E-state index in [0.29, 0.717) is 12.0 Å². The third kappa shape index (κ3) is 3.03. The van der Waals surface area contributed by atoms with E-state index in [-0.39, 0.29) is 0 Å². The lowest BCUT2D eigenvalue weighted by atomic mass is 9.96. The Morgan fingerprint density at radius 1 is 1.65 bits per heavy atom. The van der Waals surface area contributed by atoms with Crippen molar-refractivity contribution in [2.24, 2.45) is 13.0 Å². The highest BCUT2D eigenvalue weighted by molar-refractivity contribution is 9.10. The first-order valence-corrected chi connectivity index (χ1v) is 8.05. The molecule has 0 spiro atoms. The predicted octanol–water partition coefficient (Wildman–Crippen LogP) is 2.37. The second-order valence-electron chi connectivity index (χ2n) is 4.44. The van der Waals surface area contributed by atoms with Crippen LogP contribution in [0.2, 0.25) is 0 Å². The Hall–Kier alpha value is -0.0700. The second kappa shape index (κ2) is 6.20. The third-order valence-corrected chi connectivity index (χ3v) is 4.92. The normalized spacial score (nSPS) is 21.9. The Labute approximate surface area is 115 Å². The van der Waals surface area contributed by atoms with E-state index in [1.807, 2.05) is 23.5 Å². The number of halogens is 1. The molecule has 1 aliphatic heterocycles. The Morgan fingerprint density at radius 2 is 2.47 bits per heavy atom. The first-order valence-electron chi connectivity index (χ1n) is 6.10. The topological polar surface area (TPSA) is 42.7 Å². The van der Waals surface area contributed by atoms with Crippen LogP contribution in [0.25, 0.3) is 0 Å². The van der Waals surface area contributed by atoms with Gasteiger partial charge in [-0.1, -0.05) is 12.1 Å². The molecule has 1 fully saturated rings. The number of aromatic nitrogens is 3. The van der Waals surface area contributed by atoms with Crippen LogP contribution >= 0.6 is 27.7 Å². The van der Waals surface area contributed by atoms with Gasteiger partial charge < -0.3 is 5.32 Å². The molecule has 0 saturated carbocycles. The molecule has 0 bridgehead atoms. The van der Waals surface area contributed by atoms with Gasteiger partial charge in [0.15, 0.2) is 4.60 Å². The highest BCUT2D eigenvalue weighted by atomic mass is 79.9. The van der Waals surface area contributed by atoms with Crippen molar-refractivity contribution in [3.63, 3.8) is 0 Å². The van der Waals surface area contributed by atoms with Crippen molar-refractivity contribution in [2.75, 3.05) is 18.1 Å². The number of hydrogen-bond donors (Lipinski definition) is 1. The first kappa shape index (κ1) is 13.4. The van der Waals surface area contributed by atoms with Crippen molar-refractivity contribution in [2.45, 2.75) is 25.8 Å². The van der Waals surface area contributed by atoms with E-state index in [9.17, 15) is 0 Å². The third-order valence-electron chi connectivity index (χ3n) is 3.17. The van der Waals surface area contributed by atoms with Crippen molar-refractivity contribution in [1.82, 2.24) is 20.3 Å². The molecule has 1 N–H and O–H groups in total. The first-order chi connectivity index (χ1) is 8.24. The lowest BCUT2D eigenvalue weighted by Crippen LogP contribution is -2.31. The van der Waals surface area contributed by atoms with Gasteiger partial charge in [-0.2, -0.15) is 11.8 Å². The number of nitrogens with zero attached hydrogens (tertiary/aromatic N) is 3. The van der Waals surface area contributed by atoms with Crippen LogP contribution in [0, 0.1) is 5.92 Å². The van der Waals surface area contributed by atoms with E-state index in [2.05, 4.69) is 38.5 Å². The van der Waals surface area contributed by atoms with Crippen LogP contribution in [0.15, 0.2) is 4.60 Å². The SMILES string of the molecule is CCCNC(c1c(Br)nnn1C)C1CCSC1. The number of aryl methyl sites for hydroxylation is 1. The van der Waals surface area contributed by atoms with Crippen LogP contribution in [0.1, 0.15) is 31.5 Å². The Morgan fingerprint density at radius 3 is 3.00 bits per heavy atom. The lowest BCUT2D eigenvalue weighted by molar-refractivity contribution is 0.373. The molecule has 0 aliphatic carbocycles. The van der Waals surface area contributed by atoms with Gasteiger partial charge in [0.1, 0.15) is 0 Å². The Balaban J connectivity index is 2.19. The molecule has 2 rings (SSSR count). The van der Waals surface area contributed by atoms with Crippen LogP contribution in [-0.4, -0.2) is 33.0 Å². The van der Waals surface area contributed by atoms with E-state index >= 15 is 0 Å². The van der Waals surface area contributed by atoms with Crippen molar-refractivity contribution < 1.29 is 0 Å². The molecular weight excluding hydrogens is 300 g/mol. The minimum atomic E-state index is 0.374. The van der Waals surface area contributed by atoms with Gasteiger partial charge in [0.25, 0.3) is 0 Å². The summed E-state index contributed by atoms with van der Waals surface area (Å²) in [6.45, 7) is 3.24. The van der Waals surface area contributed by atoms with Gasteiger partial charge >= 0.3 is 0 Å². The fourth-order valence-corrected chi connectivity index (χ4v) is 4.14. The zero-order chi connectivity index (χ0) is 12.3. The zero-order valence-corrected chi connectivity index (χ0v) is 12.7. The molecule has 1 aromatic rings. The van der Waals surface area contributed by atoms with Crippen molar-refractivity contribution >= 4 is 27.7 Å². The second-order valence-corrected chi connectivity index (χ2v) is 6.35. The van der Waals surface area contributed by atoms with Crippen molar-refractivity contribution in [1.29, 1.82) is 0 Å². The van der Waals surface area contributed by atoms with Gasteiger partial charge in [-0.25, -0.2) is 4.68 Å². The lowest BCUT2D eigenvalue weighted by Gasteiger charge is -2.24. The van der Waals surface area contributed by atoms with Gasteiger partial charge in [-0.15, -0.1) is 5.10 Å². The van der Waals surface area contributed by atoms with Crippen LogP contribution in [-0.2, 0) is 7.05 Å². The molecule has 0 aromatic carbocycles. The molecule has 2 unspecified atom stereocenters. The summed E-state index contributed by atoms with van der Waals surface area (Å²) in [5, 5.41) is 11.8. The van der Waals surface area contributed by atoms with Gasteiger partial charge in [-0.3, -0.25) is 0 Å². The van der Waals surface area contributed by atoms with Crippen molar-refractivity contribution in [3.8, 4) is 0 Å². The average Bonchev–Trinajstić information content (AvgIpc) is 2.93. The quantitative estimate of drug-likeness (QED) is 0.905. The standard InChI is InChI=1S/C11H19BrN4S/c1-3-5-13-9(8-4-6-17-7-8)10-11(12)14-15-16(10)2/h8-9,13H,3-7H2,1-2H3. The zero-order valence-electron chi connectivity index (χ0n) is 10.3. The highest BCUT2D eigenvalue weighted by Gasteiger charge is 2.30. The minimum Gasteiger partial charge on any atom is -0.308 e. The molecule has 4 nitrogen and oxygen atoms in total. The minimum absolute atomic E-state index is 0.374. The van der Waals surface area contributed by atoms with Gasteiger partial charge in [0.05, 0.1) is 11.7 Å². The van der Waals surface area contributed by atoms with E-state index in [4.69, 9.17) is 0 Å². The van der Waals surface area contributed by atoms with E-state index < -0.39 is 0 Å². The number of rotatable bonds is 5. The van der Waals surface area contributed by atoms with Crippen LogP contribution in [0.5, 0.6) is 0 Å². The smallest absolute Gasteiger partial charge is 0.153 e. The summed E-state index contributed by atoms with van der Waals surface area (Å²) in [5.74, 6) is 3.21. The number of hydrogen-bond acceptors (Lipinski definition) is 4. The summed E-state index contributed by atoms with van der Waals surface area (Å²) in [6, 6.07) is 0.374. The largest absolute Gasteiger partial charge is 0.308 e. The molecular formula is C11H19BrN4S. The van der Waals surface area contributed by atoms with Crippen LogP contribution in [0.4, 0.5) is 0 Å². The summed E-state index contributed by atoms with van der Waals surface area (Å²) < 4.78 is 2.77. The van der Waals surface area contributed by atoms with Crippen molar-refractivity contribution in [3.05, 3.63) is 10.3 Å². The Kier molecular flexibility index (Phi) is 4.87. The highest BCUT2D eigenvalue weighted by Crippen LogP contribution is 2.35. The number of nitrogens with one attached hydrogen (secondary N) is 1. The average molecular weight is 319 g/mol. The molecule has 6 heteroatoms. The summed E-state index contributed by atoms with van der Waals surface area (Å²) in [6.07, 6.45) is 2.43. The fourth-order valence-electron chi connectivity index (χ4n) is 2.27. The fraction of sp³-hybridized carbons (Fsp3) is 0.818. The van der Waals surface area contributed by atoms with Gasteiger partial charge in [0, 0.05) is 7.05 Å². The predicted molar refractivity (Wildman–Crippen MR) is 75.2 cm³/mol. The molecule has 0 radical (unpaired) electrons. The maximum absolute atomic E-state index is 4.10. The summed E-state index contributed by atoms with van der Waals surface area (Å²) in [5.41, 5.74) is 1.19. The summed E-state index contributed by atoms with van der Waals surface area (Å²) >= 11 is 5.56. The van der Waals surface area contributed by atoms with E-state index in [1.165, 1.54) is 23.6 Å². The number of thioether (sulfide) groups is 1. The maximum atomic E-state index is 4.10. The van der Waals surface area contributed by atoms with E-state index in [1.54, 1.807) is 0 Å². The molecule has 2 atom stereocenters. The van der Waals surface area contributed by atoms with Gasteiger partial charge in [-0.05, 0) is 52.7 Å². The van der Waals surface area contributed by atoms with Crippen LogP contribution in [0.3, 0.4) is 0 Å². The molecule has 1 saturated heterocycles. The molecule has 17 heavy (non-hydrogen) atoms. The van der Waals surface area contributed by atoms with Gasteiger partial charge in [0.2, 0.25) is 0 Å². The van der Waals surface area contributed by atoms with E-state index in [0.717, 1.165) is 17.6 Å². The maximum Gasteiger partial charge on any atom is 0.153 e. The molecule has 0 amide bonds. The molecule has 96 valence electrons. The summed E-state index contributed by atoms with van der Waals surface area (Å²) in [4.78, 5) is 0. The monoisotopic (exact) mass is 318 g/mol.